The van der Waals surface area contributed by atoms with Gasteiger partial charge >= 0.3 is 0 Å². The van der Waals surface area contributed by atoms with Crippen LogP contribution in [-0.2, 0) is 6.54 Å². The van der Waals surface area contributed by atoms with Crippen molar-refractivity contribution in [3.8, 4) is 5.75 Å². The molecule has 0 saturated carbocycles. The molecule has 0 heterocycles. The molecule has 0 bridgehead atoms. The van der Waals surface area contributed by atoms with Crippen molar-refractivity contribution in [1.82, 2.24) is 5.32 Å². The molecule has 2 nitrogen and oxygen atoms in total. The van der Waals surface area contributed by atoms with Crippen molar-refractivity contribution < 1.29 is 4.74 Å². The molecule has 1 N–H and O–H groups in total. The van der Waals surface area contributed by atoms with Crippen molar-refractivity contribution in [3.05, 3.63) is 99.0 Å². The minimum absolute atomic E-state index is 0.345. The predicted octanol–water partition coefficient (Wildman–Crippen LogP) is 6.76. The van der Waals surface area contributed by atoms with Crippen LogP contribution in [-0.4, -0.2) is 7.11 Å². The van der Waals surface area contributed by atoms with Crippen molar-refractivity contribution in [2.45, 2.75) is 31.3 Å². The molecule has 3 aromatic rings. The summed E-state index contributed by atoms with van der Waals surface area (Å²) in [7, 11) is 1.69. The van der Waals surface area contributed by atoms with Crippen LogP contribution in [0.15, 0.2) is 66.7 Å². The Kier molecular flexibility index (Phi) is 5.91. The van der Waals surface area contributed by atoms with E-state index in [1.165, 1.54) is 22.3 Å². The van der Waals surface area contributed by atoms with Crippen LogP contribution in [0.3, 0.4) is 0 Å². The number of hydrogen-bond donors (Lipinski definition) is 1. The first-order valence-corrected chi connectivity index (χ1v) is 10.3. The fourth-order valence-electron chi connectivity index (χ4n) is 4.06. The Morgan fingerprint density at radius 3 is 2.36 bits per heavy atom. The number of ether oxygens (including phenoxy) is 1. The van der Waals surface area contributed by atoms with Crippen molar-refractivity contribution in [2.24, 2.45) is 0 Å². The fraction of sp³-hybridized carbons (Fsp3) is 0.250. The summed E-state index contributed by atoms with van der Waals surface area (Å²) >= 11 is 12.4. The number of nitrogens with one attached hydrogen (secondary N) is 1. The summed E-state index contributed by atoms with van der Waals surface area (Å²) in [5.41, 5.74) is 5.23. The van der Waals surface area contributed by atoms with Crippen molar-refractivity contribution in [1.29, 1.82) is 0 Å². The normalized spacial score (nSPS) is 18.5. The molecule has 0 fully saturated rings. The minimum atomic E-state index is 0.345. The molecule has 0 radical (unpaired) electrons. The molecule has 3 aromatic carbocycles. The van der Waals surface area contributed by atoms with E-state index in [1.54, 1.807) is 7.11 Å². The number of benzene rings is 3. The monoisotopic (exact) mass is 411 g/mol. The van der Waals surface area contributed by atoms with Crippen LogP contribution < -0.4 is 10.1 Å². The van der Waals surface area contributed by atoms with Gasteiger partial charge in [0.1, 0.15) is 5.75 Å². The molecule has 144 valence electrons. The summed E-state index contributed by atoms with van der Waals surface area (Å²) in [5.74, 6) is 1.24. The number of fused-ring (bicyclic) bond motifs is 1. The van der Waals surface area contributed by atoms with Gasteiger partial charge in [-0.1, -0.05) is 65.7 Å². The van der Waals surface area contributed by atoms with Gasteiger partial charge in [-0.3, -0.25) is 0 Å². The Morgan fingerprint density at radius 1 is 0.893 bits per heavy atom. The zero-order valence-corrected chi connectivity index (χ0v) is 17.3. The topological polar surface area (TPSA) is 21.3 Å². The van der Waals surface area contributed by atoms with E-state index in [1.807, 2.05) is 24.3 Å². The van der Waals surface area contributed by atoms with E-state index in [-0.39, 0.29) is 0 Å². The Morgan fingerprint density at radius 2 is 1.64 bits per heavy atom. The maximum Gasteiger partial charge on any atom is 0.118 e. The Hall–Kier alpha value is -2.00. The highest BCUT2D eigenvalue weighted by Crippen LogP contribution is 2.42. The molecule has 4 rings (SSSR count). The highest BCUT2D eigenvalue weighted by atomic mass is 35.5. The van der Waals surface area contributed by atoms with Crippen molar-refractivity contribution >= 4 is 23.2 Å². The zero-order valence-electron chi connectivity index (χ0n) is 15.8. The first kappa shape index (κ1) is 19.3. The molecule has 0 unspecified atom stereocenters. The van der Waals surface area contributed by atoms with Gasteiger partial charge in [0.05, 0.1) is 17.2 Å². The summed E-state index contributed by atoms with van der Waals surface area (Å²) in [5, 5.41) is 4.96. The lowest BCUT2D eigenvalue weighted by atomic mass is 9.76. The van der Waals surface area contributed by atoms with Crippen LogP contribution in [0.25, 0.3) is 0 Å². The van der Waals surface area contributed by atoms with Crippen LogP contribution >= 0.6 is 23.2 Å². The second-order valence-electron chi connectivity index (χ2n) is 7.21. The van der Waals surface area contributed by atoms with Crippen LogP contribution in [0.5, 0.6) is 5.75 Å². The van der Waals surface area contributed by atoms with Crippen molar-refractivity contribution in [2.75, 3.05) is 7.11 Å². The lowest BCUT2D eigenvalue weighted by Crippen LogP contribution is -2.26. The van der Waals surface area contributed by atoms with Gasteiger partial charge in [-0.2, -0.15) is 0 Å². The number of rotatable bonds is 5. The second kappa shape index (κ2) is 8.57. The maximum absolute atomic E-state index is 6.27. The smallest absolute Gasteiger partial charge is 0.118 e. The second-order valence-corrected chi connectivity index (χ2v) is 8.03. The molecule has 1 aliphatic rings. The minimum Gasteiger partial charge on any atom is -0.497 e. The third-order valence-electron chi connectivity index (χ3n) is 5.55. The van der Waals surface area contributed by atoms with Gasteiger partial charge in [0.2, 0.25) is 0 Å². The molecule has 1 aliphatic carbocycles. The maximum atomic E-state index is 6.27. The highest BCUT2D eigenvalue weighted by Gasteiger charge is 2.28. The van der Waals surface area contributed by atoms with E-state index in [4.69, 9.17) is 27.9 Å². The predicted molar refractivity (Wildman–Crippen MR) is 117 cm³/mol. The molecule has 0 amide bonds. The first-order chi connectivity index (χ1) is 13.7. The molecule has 0 aliphatic heterocycles. The quantitative estimate of drug-likeness (QED) is 0.500. The zero-order chi connectivity index (χ0) is 19.5. The third-order valence-corrected chi connectivity index (χ3v) is 6.29. The number of halogens is 2. The summed E-state index contributed by atoms with van der Waals surface area (Å²) in [6.07, 6.45) is 2.16. The summed E-state index contributed by atoms with van der Waals surface area (Å²) in [4.78, 5) is 0. The fourth-order valence-corrected chi connectivity index (χ4v) is 4.37. The Bertz CT molecular complexity index is 955. The third kappa shape index (κ3) is 4.05. The van der Waals surface area contributed by atoms with E-state index >= 15 is 0 Å². The molecule has 0 saturated heterocycles. The average Bonchev–Trinajstić information content (AvgIpc) is 2.74. The van der Waals surface area contributed by atoms with Crippen LogP contribution in [0.1, 0.15) is 47.1 Å². The largest absolute Gasteiger partial charge is 0.497 e. The van der Waals surface area contributed by atoms with E-state index < -0.39 is 0 Å². The SMILES string of the molecule is COc1ccc(CN[C@H]2CC[C@@H](c3ccc(Cl)c(Cl)c3)c3ccccc32)cc1. The van der Waals surface area contributed by atoms with Crippen LogP contribution in [0, 0.1) is 0 Å². The molecular weight excluding hydrogens is 389 g/mol. The van der Waals surface area contributed by atoms with Gasteiger partial charge < -0.3 is 10.1 Å². The summed E-state index contributed by atoms with van der Waals surface area (Å²) < 4.78 is 5.24. The van der Waals surface area contributed by atoms with Gasteiger partial charge in [-0.05, 0) is 59.4 Å². The molecule has 2 atom stereocenters. The molecule has 0 spiro atoms. The lowest BCUT2D eigenvalue weighted by molar-refractivity contribution is 0.414. The van der Waals surface area contributed by atoms with Crippen LogP contribution in [0.4, 0.5) is 0 Å². The standard InChI is InChI=1S/C24H23Cl2NO/c1-28-18-9-6-16(7-10-18)15-27-24-13-11-19(20-4-2-3-5-21(20)24)17-8-12-22(25)23(26)14-17/h2-10,12,14,19,24,27H,11,13,15H2,1H3/t19-,24-/m0/s1. The number of methoxy groups -OCH3 is 1. The summed E-state index contributed by atoms with van der Waals surface area (Å²) in [6, 6.07) is 23.3. The van der Waals surface area contributed by atoms with Gasteiger partial charge in [0.15, 0.2) is 0 Å². The van der Waals surface area contributed by atoms with E-state index in [0.29, 0.717) is 22.0 Å². The Labute approximate surface area is 176 Å². The summed E-state index contributed by atoms with van der Waals surface area (Å²) in [6.45, 7) is 0.834. The van der Waals surface area contributed by atoms with Gasteiger partial charge in [-0.25, -0.2) is 0 Å². The number of hydrogen-bond acceptors (Lipinski definition) is 2. The molecule has 4 heteroatoms. The van der Waals surface area contributed by atoms with E-state index in [9.17, 15) is 0 Å². The van der Waals surface area contributed by atoms with Gasteiger partial charge in [0, 0.05) is 18.5 Å². The van der Waals surface area contributed by atoms with E-state index in [2.05, 4.69) is 47.8 Å². The van der Waals surface area contributed by atoms with Crippen molar-refractivity contribution in [3.63, 3.8) is 0 Å². The lowest BCUT2D eigenvalue weighted by Gasteiger charge is -2.33. The van der Waals surface area contributed by atoms with Crippen LogP contribution in [0.2, 0.25) is 10.0 Å². The molecule has 0 aromatic heterocycles. The van der Waals surface area contributed by atoms with Gasteiger partial charge in [0.25, 0.3) is 0 Å². The highest BCUT2D eigenvalue weighted by molar-refractivity contribution is 6.42. The molecule has 28 heavy (non-hydrogen) atoms. The van der Waals surface area contributed by atoms with E-state index in [0.717, 1.165) is 25.1 Å². The molecular formula is C24H23Cl2NO. The average molecular weight is 412 g/mol. The first-order valence-electron chi connectivity index (χ1n) is 9.56. The van der Waals surface area contributed by atoms with Gasteiger partial charge in [-0.15, -0.1) is 0 Å². The Balaban J connectivity index is 1.54.